The third kappa shape index (κ3) is 8.34. The fourth-order valence-electron chi connectivity index (χ4n) is 4.50. The Labute approximate surface area is 233 Å². The highest BCUT2D eigenvalue weighted by atomic mass is 19.1. The van der Waals surface area contributed by atoms with Gasteiger partial charge < -0.3 is 10.6 Å². The molecular formula is C33H43FN4O. The van der Waals surface area contributed by atoms with Crippen molar-refractivity contribution in [1.82, 2.24) is 4.90 Å². The third-order valence-corrected chi connectivity index (χ3v) is 6.92. The van der Waals surface area contributed by atoms with Crippen LogP contribution in [0.5, 0.6) is 0 Å². The molecule has 0 amide bonds. The predicted molar refractivity (Wildman–Crippen MR) is 164 cm³/mol. The molecule has 2 rings (SSSR count). The quantitative estimate of drug-likeness (QED) is 0.312. The van der Waals surface area contributed by atoms with E-state index in [-0.39, 0.29) is 29.9 Å². The van der Waals surface area contributed by atoms with Gasteiger partial charge in [0.1, 0.15) is 0 Å². The summed E-state index contributed by atoms with van der Waals surface area (Å²) in [4.78, 5) is 24.8. The molecule has 1 aliphatic carbocycles. The summed E-state index contributed by atoms with van der Waals surface area (Å²) in [6.45, 7) is 16.9. The van der Waals surface area contributed by atoms with E-state index in [1.54, 1.807) is 19.1 Å². The molecule has 0 bridgehead atoms. The second kappa shape index (κ2) is 15.0. The van der Waals surface area contributed by atoms with E-state index in [2.05, 4.69) is 47.5 Å². The molecule has 1 heterocycles. The Morgan fingerprint density at radius 2 is 1.90 bits per heavy atom. The summed E-state index contributed by atoms with van der Waals surface area (Å²) in [7, 11) is 2.01. The second-order valence-electron chi connectivity index (χ2n) is 9.65. The number of rotatable bonds is 9. The van der Waals surface area contributed by atoms with Crippen molar-refractivity contribution in [3.63, 3.8) is 0 Å². The van der Waals surface area contributed by atoms with Gasteiger partial charge in [0.2, 0.25) is 5.96 Å². The summed E-state index contributed by atoms with van der Waals surface area (Å²) in [5.41, 5.74) is 12.5. The molecule has 0 spiro atoms. The molecule has 0 aromatic rings. The third-order valence-electron chi connectivity index (χ3n) is 6.92. The maximum Gasteiger partial charge on any atom is 0.220 e. The van der Waals surface area contributed by atoms with E-state index in [0.717, 1.165) is 29.0 Å². The molecule has 6 heteroatoms. The van der Waals surface area contributed by atoms with Gasteiger partial charge in [0.15, 0.2) is 5.78 Å². The van der Waals surface area contributed by atoms with E-state index < -0.39 is 0 Å². The van der Waals surface area contributed by atoms with E-state index in [9.17, 15) is 9.18 Å². The number of allylic oxidation sites excluding steroid dienone is 15. The molecule has 0 aromatic heterocycles. The van der Waals surface area contributed by atoms with Gasteiger partial charge in [-0.1, -0.05) is 56.9 Å². The zero-order valence-corrected chi connectivity index (χ0v) is 24.5. The van der Waals surface area contributed by atoms with Crippen LogP contribution in [0.1, 0.15) is 60.8 Å². The number of carbonyl (C=O) groups is 1. The van der Waals surface area contributed by atoms with Gasteiger partial charge in [-0.2, -0.15) is 0 Å². The minimum absolute atomic E-state index is 0.0586. The van der Waals surface area contributed by atoms with Gasteiger partial charge in [0.25, 0.3) is 0 Å². The molecule has 0 radical (unpaired) electrons. The molecule has 2 N–H and O–H groups in total. The van der Waals surface area contributed by atoms with Gasteiger partial charge in [-0.25, -0.2) is 14.4 Å². The average Bonchev–Trinajstić information content (AvgIpc) is 3.08. The van der Waals surface area contributed by atoms with Gasteiger partial charge in [-0.15, -0.1) is 0 Å². The molecule has 208 valence electrons. The summed E-state index contributed by atoms with van der Waals surface area (Å²) >= 11 is 0. The number of carbonyl (C=O) groups excluding carboxylic acids is 1. The Morgan fingerprint density at radius 1 is 1.18 bits per heavy atom. The fraction of sp³-hybridized carbons (Fsp3) is 0.364. The maximum absolute atomic E-state index is 14.0. The van der Waals surface area contributed by atoms with Crippen LogP contribution in [0.3, 0.4) is 0 Å². The number of hydrogen-bond donors (Lipinski definition) is 1. The number of ketones is 1. The van der Waals surface area contributed by atoms with Crippen LogP contribution in [0, 0.1) is 5.92 Å². The Hall–Kier alpha value is -3.80. The summed E-state index contributed by atoms with van der Waals surface area (Å²) in [6, 6.07) is 0. The smallest absolute Gasteiger partial charge is 0.220 e. The number of guanidine groups is 1. The van der Waals surface area contributed by atoms with Crippen LogP contribution in [-0.4, -0.2) is 35.9 Å². The molecule has 1 aliphatic heterocycles. The summed E-state index contributed by atoms with van der Waals surface area (Å²) in [5.74, 6) is -0.196. The average molecular weight is 531 g/mol. The van der Waals surface area contributed by atoms with E-state index in [1.165, 1.54) is 6.08 Å². The Balaban J connectivity index is 2.76. The van der Waals surface area contributed by atoms with Crippen LogP contribution in [0.4, 0.5) is 4.39 Å². The van der Waals surface area contributed by atoms with E-state index >= 15 is 0 Å². The molecule has 39 heavy (non-hydrogen) atoms. The highest BCUT2D eigenvalue weighted by Crippen LogP contribution is 2.35. The number of hydrogen-bond acceptors (Lipinski definition) is 5. The van der Waals surface area contributed by atoms with Crippen LogP contribution in [-0.2, 0) is 4.79 Å². The van der Waals surface area contributed by atoms with Gasteiger partial charge in [-0.05, 0) is 87.0 Å². The first-order valence-electron chi connectivity index (χ1n) is 13.6. The van der Waals surface area contributed by atoms with Gasteiger partial charge in [-0.3, -0.25) is 4.79 Å². The largest absolute Gasteiger partial charge is 0.375 e. The minimum atomic E-state index is -0.244. The van der Waals surface area contributed by atoms with Crippen molar-refractivity contribution in [2.24, 2.45) is 21.6 Å². The van der Waals surface area contributed by atoms with Crippen molar-refractivity contribution in [3.05, 3.63) is 106 Å². The normalized spacial score (nSPS) is 22.7. The SMILES string of the molecule is C=C(\C=C/C(=C\C)C1=C(/C)C2=C(CC(C(/C=C\C)=C/C=C(/F)CC)=NC(N)=N2)C(=O)/C=C/C[C@H]\1C)N(C)CC. The molecule has 2 aliphatic rings. The minimum Gasteiger partial charge on any atom is -0.375 e. The molecule has 0 unspecified atom stereocenters. The summed E-state index contributed by atoms with van der Waals surface area (Å²) < 4.78 is 14.0. The fourth-order valence-corrected chi connectivity index (χ4v) is 4.50. The van der Waals surface area contributed by atoms with Crippen LogP contribution >= 0.6 is 0 Å². The number of halogens is 1. The number of aliphatic imine (C=N–C) groups is 2. The molecule has 0 fully saturated rings. The Kier molecular flexibility index (Phi) is 12.1. The van der Waals surface area contributed by atoms with Crippen molar-refractivity contribution in [1.29, 1.82) is 0 Å². The van der Waals surface area contributed by atoms with Crippen LogP contribution < -0.4 is 5.73 Å². The maximum atomic E-state index is 14.0. The van der Waals surface area contributed by atoms with E-state index in [1.807, 2.05) is 52.1 Å². The number of nitrogens with two attached hydrogens (primary N) is 1. The predicted octanol–water partition coefficient (Wildman–Crippen LogP) is 7.62. The molecule has 1 atom stereocenters. The van der Waals surface area contributed by atoms with Crippen LogP contribution in [0.25, 0.3) is 0 Å². The van der Waals surface area contributed by atoms with Gasteiger partial charge >= 0.3 is 0 Å². The van der Waals surface area contributed by atoms with E-state index in [4.69, 9.17) is 5.73 Å². The Bertz CT molecular complexity index is 1280. The van der Waals surface area contributed by atoms with Crippen LogP contribution in [0.2, 0.25) is 0 Å². The molecule has 0 saturated heterocycles. The van der Waals surface area contributed by atoms with Crippen LogP contribution in [0.15, 0.2) is 116 Å². The lowest BCUT2D eigenvalue weighted by molar-refractivity contribution is -0.111. The zero-order valence-electron chi connectivity index (χ0n) is 24.5. The van der Waals surface area contributed by atoms with Crippen molar-refractivity contribution >= 4 is 17.5 Å². The molecule has 5 nitrogen and oxygen atoms in total. The van der Waals surface area contributed by atoms with E-state index in [0.29, 0.717) is 35.4 Å². The highest BCUT2D eigenvalue weighted by Gasteiger charge is 2.26. The summed E-state index contributed by atoms with van der Waals surface area (Å²) in [5, 5.41) is 0. The lowest BCUT2D eigenvalue weighted by atomic mass is 9.85. The topological polar surface area (TPSA) is 71.0 Å². The van der Waals surface area contributed by atoms with Gasteiger partial charge in [0.05, 0.1) is 17.2 Å². The first-order chi connectivity index (χ1) is 18.6. The van der Waals surface area contributed by atoms with Gasteiger partial charge in [0, 0.05) is 31.3 Å². The van der Waals surface area contributed by atoms with Crippen molar-refractivity contribution in [3.8, 4) is 0 Å². The monoisotopic (exact) mass is 530 g/mol. The lowest BCUT2D eigenvalue weighted by Crippen LogP contribution is -2.14. The lowest BCUT2D eigenvalue weighted by Gasteiger charge is -2.21. The van der Waals surface area contributed by atoms with Crippen molar-refractivity contribution in [2.75, 3.05) is 13.6 Å². The zero-order chi connectivity index (χ0) is 29.1. The summed E-state index contributed by atoms with van der Waals surface area (Å²) in [6.07, 6.45) is 17.7. The highest BCUT2D eigenvalue weighted by molar-refractivity contribution is 6.16. The molecule has 0 aromatic carbocycles. The van der Waals surface area contributed by atoms with Crippen molar-refractivity contribution < 1.29 is 9.18 Å². The number of nitrogens with zero attached hydrogens (tertiary/aromatic N) is 3. The molecule has 0 saturated carbocycles. The Morgan fingerprint density at radius 3 is 2.51 bits per heavy atom. The first kappa shape index (κ1) is 31.4. The first-order valence-corrected chi connectivity index (χ1v) is 13.6. The van der Waals surface area contributed by atoms with Crippen molar-refractivity contribution in [2.45, 2.75) is 60.8 Å². The standard InChI is InChI=1S/C33H43FN4O/c1-9-14-26(19-20-27(34)11-3)29-21-28-30(39)16-13-15-22(5)31(24(7)32(28)37-33(35)36-29)25(10-2)18-17-23(6)38(8)12-4/h9-10,13-14,16-20,22H,6,11-12,15,21H2,1-5,7-8H3,(H2,35,37)/b14-9-,16-13+,18-17-,25-10+,26-19+,27-20+,31-24-/t22-/m1/s1. The number of likely N-dealkylation sites (N-methyl/N-ethyl adjacent to an activating group) is 1. The second-order valence-corrected chi connectivity index (χ2v) is 9.65. The molecular weight excluding hydrogens is 487 g/mol.